The largest absolute Gasteiger partial charge is 0.504 e. The Morgan fingerprint density at radius 2 is 0.977 bits per heavy atom. The smallest absolute Gasteiger partial charge is 0.314 e. The normalized spacial score (nSPS) is 12.4. The van der Waals surface area contributed by atoms with Crippen molar-refractivity contribution in [1.29, 1.82) is 0 Å². The van der Waals surface area contributed by atoms with Crippen molar-refractivity contribution in [1.82, 2.24) is 0 Å². The summed E-state index contributed by atoms with van der Waals surface area (Å²) in [7, 11) is 0. The number of nitrogens with zero attached hydrogens (tertiary/aromatic N) is 2. The Morgan fingerprint density at radius 3 is 1.30 bits per heavy atom. The predicted molar refractivity (Wildman–Crippen MR) is 159 cm³/mol. The van der Waals surface area contributed by atoms with Gasteiger partial charge in [0.15, 0.2) is 11.5 Å². The summed E-state index contributed by atoms with van der Waals surface area (Å²) in [6.07, 6.45) is -0.0937. The van der Waals surface area contributed by atoms with Gasteiger partial charge in [-0.25, -0.2) is 0 Å². The Hall–Kier alpha value is -5.53. The Bertz CT molecular complexity index is 1620. The van der Waals surface area contributed by atoms with Crippen molar-refractivity contribution in [3.05, 3.63) is 126 Å². The second kappa shape index (κ2) is 13.2. The van der Waals surface area contributed by atoms with Gasteiger partial charge in [0.1, 0.15) is 5.78 Å². The summed E-state index contributed by atoms with van der Waals surface area (Å²) in [6, 6.07) is 18.0. The first-order valence-corrected chi connectivity index (χ1v) is 13.4. The number of ketones is 1. The van der Waals surface area contributed by atoms with Gasteiger partial charge in [-0.3, -0.25) is 25.0 Å². The molecule has 0 radical (unpaired) electrons. The van der Waals surface area contributed by atoms with Crippen molar-refractivity contribution < 1.29 is 35.1 Å². The van der Waals surface area contributed by atoms with Crippen molar-refractivity contribution >= 4 is 17.2 Å². The Kier molecular flexibility index (Phi) is 9.41. The highest BCUT2D eigenvalue weighted by Gasteiger charge is 2.35. The number of nitrogens with two attached hydrogens (primary N) is 2. The maximum atomic E-state index is 14.7. The molecule has 0 saturated heterocycles. The molecule has 8 N–H and O–H groups in total. The van der Waals surface area contributed by atoms with Gasteiger partial charge >= 0.3 is 11.4 Å². The van der Waals surface area contributed by atoms with Gasteiger partial charge < -0.3 is 31.9 Å². The van der Waals surface area contributed by atoms with E-state index < -0.39 is 61.8 Å². The van der Waals surface area contributed by atoms with Crippen LogP contribution in [0.25, 0.3) is 0 Å². The van der Waals surface area contributed by atoms with E-state index in [0.717, 1.165) is 24.3 Å². The molecule has 0 aliphatic heterocycles. The maximum Gasteiger partial charge on any atom is 0.314 e. The van der Waals surface area contributed by atoms with Crippen LogP contribution in [0.15, 0.2) is 72.8 Å². The highest BCUT2D eigenvalue weighted by Crippen LogP contribution is 2.43. The molecule has 4 rings (SSSR count). The lowest BCUT2D eigenvalue weighted by molar-refractivity contribution is -0.386. The number of carbonyl (C=O) groups is 1. The van der Waals surface area contributed by atoms with Crippen molar-refractivity contribution in [3.8, 4) is 23.0 Å². The second-order valence-corrected chi connectivity index (χ2v) is 10.2. The standard InChI is InChI=1S/C31H30N4O9/c32-15-19-7-3-1-5-17(19)9-23(21-11-25(34(41)42)30(39)27(36)13-21)29(38)24(10-18-6-2-4-8-20(18)16-33)22-12-26(35(43)44)31(40)28(37)14-22/h1-8,11-14,23-24,36-37,39-40H,9-10,15-16,32-33H2. The first-order chi connectivity index (χ1) is 21.0. The molecule has 2 atom stereocenters. The molecule has 0 saturated carbocycles. The van der Waals surface area contributed by atoms with E-state index >= 15 is 0 Å². The predicted octanol–water partition coefficient (Wildman–Crippen LogP) is 4.16. The van der Waals surface area contributed by atoms with E-state index in [-0.39, 0.29) is 37.1 Å². The van der Waals surface area contributed by atoms with Crippen molar-refractivity contribution in [2.45, 2.75) is 37.8 Å². The van der Waals surface area contributed by atoms with Crippen LogP contribution in [-0.4, -0.2) is 36.1 Å². The number of phenolic OH excluding ortho intramolecular Hbond substituents is 4. The molecule has 13 heteroatoms. The average molecular weight is 603 g/mol. The zero-order valence-electron chi connectivity index (χ0n) is 23.3. The first-order valence-electron chi connectivity index (χ1n) is 13.4. The fourth-order valence-corrected chi connectivity index (χ4v) is 5.29. The number of rotatable bonds is 12. The number of Topliss-reactive ketones (excluding diaryl/α,β-unsaturated/α-hetero) is 1. The van der Waals surface area contributed by atoms with Crippen LogP contribution in [0.1, 0.15) is 45.2 Å². The monoisotopic (exact) mass is 602 g/mol. The van der Waals surface area contributed by atoms with Gasteiger partial charge in [0, 0.05) is 37.1 Å². The summed E-state index contributed by atoms with van der Waals surface area (Å²) in [5.74, 6) is -6.58. The SMILES string of the molecule is NCc1ccccc1CC(C(=O)C(Cc1ccccc1CN)c1cc(O)c(O)c([N+](=O)[O-])c1)c1cc(O)c(O)c([N+](=O)[O-])c1. The summed E-state index contributed by atoms with van der Waals surface area (Å²) in [4.78, 5) is 36.4. The number of hydrogen-bond acceptors (Lipinski definition) is 11. The molecule has 4 aromatic rings. The highest BCUT2D eigenvalue weighted by molar-refractivity contribution is 5.93. The van der Waals surface area contributed by atoms with Gasteiger partial charge in [-0.1, -0.05) is 48.5 Å². The summed E-state index contributed by atoms with van der Waals surface area (Å²) >= 11 is 0. The van der Waals surface area contributed by atoms with E-state index in [9.17, 15) is 45.4 Å². The third kappa shape index (κ3) is 6.43. The molecule has 0 aliphatic rings. The summed E-state index contributed by atoms with van der Waals surface area (Å²) < 4.78 is 0. The van der Waals surface area contributed by atoms with Gasteiger partial charge in [0.2, 0.25) is 11.5 Å². The second-order valence-electron chi connectivity index (χ2n) is 10.2. The van der Waals surface area contributed by atoms with E-state index in [0.29, 0.717) is 22.3 Å². The van der Waals surface area contributed by atoms with E-state index in [4.69, 9.17) is 11.5 Å². The molecule has 0 aromatic heterocycles. The topological polar surface area (TPSA) is 236 Å². The Labute approximate surface area is 250 Å². The van der Waals surface area contributed by atoms with Crippen LogP contribution in [0.3, 0.4) is 0 Å². The lowest BCUT2D eigenvalue weighted by Gasteiger charge is -2.25. The molecule has 44 heavy (non-hydrogen) atoms. The molecule has 2 unspecified atom stereocenters. The number of aromatic hydroxyl groups is 4. The number of hydrogen-bond donors (Lipinski definition) is 6. The molecule has 4 aromatic carbocycles. The van der Waals surface area contributed by atoms with Crippen LogP contribution in [-0.2, 0) is 30.7 Å². The van der Waals surface area contributed by atoms with Gasteiger partial charge in [0.25, 0.3) is 0 Å². The van der Waals surface area contributed by atoms with Gasteiger partial charge in [0.05, 0.1) is 9.85 Å². The molecule has 0 fully saturated rings. The summed E-state index contributed by atoms with van der Waals surface area (Å²) in [5, 5.41) is 64.6. The van der Waals surface area contributed by atoms with Crippen molar-refractivity contribution in [2.24, 2.45) is 11.5 Å². The van der Waals surface area contributed by atoms with Gasteiger partial charge in [-0.05, 0) is 58.4 Å². The minimum atomic E-state index is -1.21. The van der Waals surface area contributed by atoms with Crippen LogP contribution in [0.4, 0.5) is 11.4 Å². The molecule has 0 amide bonds. The van der Waals surface area contributed by atoms with Crippen LogP contribution in [0.2, 0.25) is 0 Å². The molecular weight excluding hydrogens is 572 g/mol. The maximum absolute atomic E-state index is 14.7. The Morgan fingerprint density at radius 1 is 0.636 bits per heavy atom. The van der Waals surface area contributed by atoms with E-state index in [1.807, 2.05) is 0 Å². The van der Waals surface area contributed by atoms with E-state index in [1.165, 1.54) is 0 Å². The molecule has 228 valence electrons. The number of nitro groups is 2. The van der Waals surface area contributed by atoms with Crippen LogP contribution >= 0.6 is 0 Å². The molecule has 0 spiro atoms. The molecule has 0 bridgehead atoms. The molecule has 0 heterocycles. The summed E-state index contributed by atoms with van der Waals surface area (Å²) in [5.41, 5.74) is 12.8. The average Bonchev–Trinajstić information content (AvgIpc) is 3.01. The van der Waals surface area contributed by atoms with Gasteiger partial charge in [-0.15, -0.1) is 0 Å². The zero-order chi connectivity index (χ0) is 32.1. The summed E-state index contributed by atoms with van der Waals surface area (Å²) in [6.45, 7) is 0.229. The quantitative estimate of drug-likeness (QED) is 0.0764. The lowest BCUT2D eigenvalue weighted by Crippen LogP contribution is -2.25. The van der Waals surface area contributed by atoms with Crippen molar-refractivity contribution in [3.63, 3.8) is 0 Å². The van der Waals surface area contributed by atoms with Crippen LogP contribution in [0.5, 0.6) is 23.0 Å². The number of phenols is 4. The number of carbonyl (C=O) groups excluding carboxylic acids is 1. The van der Waals surface area contributed by atoms with Crippen molar-refractivity contribution in [2.75, 3.05) is 0 Å². The lowest BCUT2D eigenvalue weighted by atomic mass is 9.77. The Balaban J connectivity index is 1.97. The van der Waals surface area contributed by atoms with Crippen LogP contribution in [0, 0.1) is 20.2 Å². The van der Waals surface area contributed by atoms with E-state index in [2.05, 4.69) is 0 Å². The minimum absolute atomic E-state index is 0.00145. The van der Waals surface area contributed by atoms with E-state index in [1.54, 1.807) is 48.5 Å². The number of benzene rings is 4. The van der Waals surface area contributed by atoms with Crippen LogP contribution < -0.4 is 11.5 Å². The molecule has 13 nitrogen and oxygen atoms in total. The third-order valence-corrected chi connectivity index (χ3v) is 7.59. The third-order valence-electron chi connectivity index (χ3n) is 7.59. The fraction of sp³-hybridized carbons (Fsp3) is 0.194. The molecule has 0 aliphatic carbocycles. The minimum Gasteiger partial charge on any atom is -0.504 e. The van der Waals surface area contributed by atoms with Gasteiger partial charge in [-0.2, -0.15) is 0 Å². The first kappa shape index (κ1) is 31.4. The molecular formula is C31H30N4O9. The fourth-order valence-electron chi connectivity index (χ4n) is 5.29. The highest BCUT2D eigenvalue weighted by atomic mass is 16.6. The zero-order valence-corrected chi connectivity index (χ0v) is 23.3. The number of nitro benzene ring substituents is 2.